The number of hydrogen-bond donors (Lipinski definition) is 0. The molecule has 2 nitrogen and oxygen atoms in total. The molecule has 27 heavy (non-hydrogen) atoms. The van der Waals surface area contributed by atoms with Crippen LogP contribution in [0.1, 0.15) is 79.6 Å². The van der Waals surface area contributed by atoms with Crippen molar-refractivity contribution < 1.29 is 9.59 Å². The molecule has 0 aromatic rings. The molecule has 1 radical (unpaired) electrons. The Kier molecular flexibility index (Phi) is 3.47. The van der Waals surface area contributed by atoms with Gasteiger partial charge in [0, 0.05) is 22.3 Å². The van der Waals surface area contributed by atoms with E-state index in [1.165, 1.54) is 36.3 Å². The third-order valence-corrected chi connectivity index (χ3v) is 9.87. The van der Waals surface area contributed by atoms with Crippen LogP contribution in [0.2, 0.25) is 0 Å². The van der Waals surface area contributed by atoms with Crippen molar-refractivity contribution in [2.45, 2.75) is 79.6 Å². The van der Waals surface area contributed by atoms with Crippen LogP contribution >= 0.6 is 0 Å². The summed E-state index contributed by atoms with van der Waals surface area (Å²) in [5, 5.41) is 0. The van der Waals surface area contributed by atoms with Crippen molar-refractivity contribution in [2.75, 3.05) is 0 Å². The zero-order valence-corrected chi connectivity index (χ0v) is 17.6. The minimum atomic E-state index is 0.0407. The minimum absolute atomic E-state index is 0.0407. The number of Topliss-reactive ketones (excluding diaryl/α,β-unsaturated/α-hetero) is 1. The fourth-order valence-electron chi connectivity index (χ4n) is 8.41. The minimum Gasteiger partial charge on any atom is -0.299 e. The first kappa shape index (κ1) is 17.9. The zero-order chi connectivity index (χ0) is 19.4. The number of carbonyl (C=O) groups is 2. The summed E-state index contributed by atoms with van der Waals surface area (Å²) >= 11 is 0. The Labute approximate surface area is 163 Å². The lowest BCUT2D eigenvalue weighted by Crippen LogP contribution is -2.50. The molecule has 1 unspecified atom stereocenters. The van der Waals surface area contributed by atoms with Crippen LogP contribution in [-0.4, -0.2) is 11.6 Å². The number of allylic oxidation sites excluding steroid dienone is 4. The molecule has 5 aliphatic carbocycles. The second-order valence-corrected chi connectivity index (χ2v) is 10.6. The van der Waals surface area contributed by atoms with Crippen LogP contribution in [0.3, 0.4) is 0 Å². The molecule has 6 atom stereocenters. The molecule has 0 heterocycles. The number of hydrogen-bond acceptors (Lipinski definition) is 2. The predicted octanol–water partition coefficient (Wildman–Crippen LogP) is 5.63. The molecular formula is C25H33O2. The van der Waals surface area contributed by atoms with Crippen molar-refractivity contribution in [3.05, 3.63) is 28.7 Å². The topological polar surface area (TPSA) is 34.1 Å². The van der Waals surface area contributed by atoms with Gasteiger partial charge in [0.1, 0.15) is 5.78 Å². The molecule has 145 valence electrons. The normalized spacial score (nSPS) is 48.4. The second-order valence-electron chi connectivity index (χ2n) is 10.6. The fraction of sp³-hybridized carbons (Fsp3) is 0.720. The van der Waals surface area contributed by atoms with Crippen molar-refractivity contribution in [3.63, 3.8) is 0 Å². The summed E-state index contributed by atoms with van der Waals surface area (Å²) in [5.41, 5.74) is 4.32. The molecule has 0 N–H and O–H groups in total. The number of rotatable bonds is 2. The third-order valence-electron chi connectivity index (χ3n) is 9.87. The van der Waals surface area contributed by atoms with Crippen LogP contribution in [0.15, 0.2) is 22.8 Å². The molecule has 0 bridgehead atoms. The van der Waals surface area contributed by atoms with Gasteiger partial charge < -0.3 is 0 Å². The van der Waals surface area contributed by atoms with Crippen molar-refractivity contribution in [1.29, 1.82) is 0 Å². The van der Waals surface area contributed by atoms with Crippen molar-refractivity contribution >= 4 is 11.6 Å². The predicted molar refractivity (Wildman–Crippen MR) is 107 cm³/mol. The maximum atomic E-state index is 12.7. The highest BCUT2D eigenvalue weighted by Crippen LogP contribution is 2.74. The van der Waals surface area contributed by atoms with Gasteiger partial charge in [0.25, 0.3) is 0 Å². The highest BCUT2D eigenvalue weighted by molar-refractivity contribution is 6.13. The molecule has 0 aromatic carbocycles. The monoisotopic (exact) mass is 365 g/mol. The van der Waals surface area contributed by atoms with Gasteiger partial charge >= 0.3 is 0 Å². The molecule has 3 fully saturated rings. The van der Waals surface area contributed by atoms with E-state index in [1.54, 1.807) is 6.92 Å². The third kappa shape index (κ3) is 1.93. The SMILES string of the molecule is CCC1(C)C2=C1[C@@]1(C)C(=CC2=O)CC[C@@H]2[C@@H]1CC[C@]1(C)[C](C(C)=O)CC[C@@H]21. The first-order valence-corrected chi connectivity index (χ1v) is 11.1. The number of fused-ring (bicyclic) bond motifs is 6. The Bertz CT molecular complexity index is 816. The molecule has 0 amide bonds. The molecule has 0 aromatic heterocycles. The van der Waals surface area contributed by atoms with Gasteiger partial charge in [0.15, 0.2) is 5.78 Å². The first-order valence-electron chi connectivity index (χ1n) is 11.1. The van der Waals surface area contributed by atoms with Crippen LogP contribution in [0.25, 0.3) is 0 Å². The Morgan fingerprint density at radius 2 is 1.85 bits per heavy atom. The van der Waals surface area contributed by atoms with E-state index in [2.05, 4.69) is 27.7 Å². The molecule has 0 saturated heterocycles. The van der Waals surface area contributed by atoms with E-state index in [0.717, 1.165) is 31.3 Å². The van der Waals surface area contributed by atoms with E-state index >= 15 is 0 Å². The maximum Gasteiger partial charge on any atom is 0.182 e. The van der Waals surface area contributed by atoms with Gasteiger partial charge in [-0.15, -0.1) is 0 Å². The van der Waals surface area contributed by atoms with Gasteiger partial charge in [-0.3, -0.25) is 9.59 Å². The van der Waals surface area contributed by atoms with Gasteiger partial charge in [-0.05, 0) is 86.7 Å². The van der Waals surface area contributed by atoms with Gasteiger partial charge in [-0.1, -0.05) is 33.3 Å². The van der Waals surface area contributed by atoms with Crippen LogP contribution < -0.4 is 0 Å². The highest BCUT2D eigenvalue weighted by Gasteiger charge is 2.67. The molecule has 0 spiro atoms. The summed E-state index contributed by atoms with van der Waals surface area (Å²) in [5.74, 6) is 3.85. The average molecular weight is 366 g/mol. The maximum absolute atomic E-state index is 12.7. The summed E-state index contributed by atoms with van der Waals surface area (Å²) in [6, 6.07) is 0. The lowest BCUT2D eigenvalue weighted by atomic mass is 9.47. The smallest absolute Gasteiger partial charge is 0.182 e. The molecule has 2 heteroatoms. The van der Waals surface area contributed by atoms with Crippen molar-refractivity contribution in [1.82, 2.24) is 0 Å². The Morgan fingerprint density at radius 3 is 2.52 bits per heavy atom. The highest BCUT2D eigenvalue weighted by atomic mass is 16.1. The number of carbonyl (C=O) groups excluding carboxylic acids is 2. The molecular weight excluding hydrogens is 332 g/mol. The van der Waals surface area contributed by atoms with Gasteiger partial charge in [-0.25, -0.2) is 0 Å². The largest absolute Gasteiger partial charge is 0.299 e. The van der Waals surface area contributed by atoms with Gasteiger partial charge in [-0.2, -0.15) is 0 Å². The summed E-state index contributed by atoms with van der Waals surface area (Å²) in [4.78, 5) is 25.0. The van der Waals surface area contributed by atoms with Gasteiger partial charge in [0.2, 0.25) is 0 Å². The molecule has 5 aliphatic rings. The average Bonchev–Trinajstić information content (AvgIpc) is 3.10. The summed E-state index contributed by atoms with van der Waals surface area (Å²) in [6.45, 7) is 11.2. The van der Waals surface area contributed by atoms with E-state index in [0.29, 0.717) is 29.3 Å². The van der Waals surface area contributed by atoms with E-state index in [4.69, 9.17) is 0 Å². The van der Waals surface area contributed by atoms with E-state index in [9.17, 15) is 9.59 Å². The quantitative estimate of drug-likeness (QED) is 0.636. The van der Waals surface area contributed by atoms with Crippen LogP contribution in [-0.2, 0) is 9.59 Å². The Morgan fingerprint density at radius 1 is 1.11 bits per heavy atom. The Balaban J connectivity index is 1.55. The van der Waals surface area contributed by atoms with Crippen LogP contribution in [0, 0.1) is 39.9 Å². The fourth-order valence-corrected chi connectivity index (χ4v) is 8.41. The van der Waals surface area contributed by atoms with Crippen LogP contribution in [0.5, 0.6) is 0 Å². The summed E-state index contributed by atoms with van der Waals surface area (Å²) in [7, 11) is 0. The van der Waals surface area contributed by atoms with E-state index < -0.39 is 0 Å². The van der Waals surface area contributed by atoms with Gasteiger partial charge in [0.05, 0.1) is 0 Å². The van der Waals surface area contributed by atoms with Crippen molar-refractivity contribution in [3.8, 4) is 0 Å². The first-order chi connectivity index (χ1) is 12.7. The van der Waals surface area contributed by atoms with E-state index in [-0.39, 0.29) is 16.2 Å². The zero-order valence-electron chi connectivity index (χ0n) is 17.6. The summed E-state index contributed by atoms with van der Waals surface area (Å²) in [6.07, 6.45) is 9.89. The molecule has 3 saturated carbocycles. The van der Waals surface area contributed by atoms with E-state index in [1.807, 2.05) is 6.08 Å². The van der Waals surface area contributed by atoms with Crippen LogP contribution in [0.4, 0.5) is 0 Å². The molecule has 5 rings (SSSR count). The lowest BCUT2D eigenvalue weighted by molar-refractivity contribution is -0.118. The summed E-state index contributed by atoms with van der Waals surface area (Å²) < 4.78 is 0. The standard InChI is InChI=1S/C25H33O2/c1-6-23(3)21-20(27)13-15-7-8-16-18-10-9-17(14(2)26)24(18,4)12-11-19(16)25(15,5)22(21)23/h13,16,18-19H,6-12H2,1-5H3/t16-,18-,19-,23?,24+,25-/m0/s1. The Hall–Kier alpha value is -1.18. The van der Waals surface area contributed by atoms with Crippen molar-refractivity contribution in [2.24, 2.45) is 34.0 Å². The lowest BCUT2D eigenvalue weighted by Gasteiger charge is -2.57. The number of ketones is 2. The molecule has 0 aliphatic heterocycles. The second kappa shape index (κ2) is 5.24.